The third-order valence-electron chi connectivity index (χ3n) is 3.52. The summed E-state index contributed by atoms with van der Waals surface area (Å²) in [5, 5.41) is 21.5. The van der Waals surface area contributed by atoms with Crippen LogP contribution in [0.1, 0.15) is 26.3 Å². The number of amides is 1. The number of aromatic hydroxyl groups is 2. The van der Waals surface area contributed by atoms with Gasteiger partial charge < -0.3 is 26.0 Å². The molecular weight excluding hydrogens is 360 g/mol. The predicted octanol–water partition coefficient (Wildman–Crippen LogP) is 1.78. The molecule has 26 heavy (non-hydrogen) atoms. The average Bonchev–Trinajstić information content (AvgIpc) is 2.57. The maximum absolute atomic E-state index is 12.0. The highest BCUT2D eigenvalue weighted by molar-refractivity contribution is 5.98. The second-order valence-corrected chi connectivity index (χ2v) is 5.52. The SMILES string of the molecule is Cc1ccc(OCCNCC(=O)c2ccc(O)c(O)c2)c(C(N)=O)c1.Cl. The summed E-state index contributed by atoms with van der Waals surface area (Å²) in [5.41, 5.74) is 6.83. The van der Waals surface area contributed by atoms with Gasteiger partial charge in [-0.15, -0.1) is 12.4 Å². The van der Waals surface area contributed by atoms with Crippen molar-refractivity contribution >= 4 is 24.1 Å². The first-order chi connectivity index (χ1) is 11.9. The molecule has 2 rings (SSSR count). The third kappa shape index (κ3) is 5.65. The standard InChI is InChI=1S/C18H20N2O5.ClH/c1-11-2-5-17(13(8-11)18(19)24)25-7-6-20-10-16(23)12-3-4-14(21)15(22)9-12;/h2-5,8-9,20-22H,6-7,10H2,1H3,(H2,19,24);1H. The number of rotatable bonds is 8. The second kappa shape index (κ2) is 9.65. The summed E-state index contributed by atoms with van der Waals surface area (Å²) >= 11 is 0. The van der Waals surface area contributed by atoms with Crippen LogP contribution in [0.15, 0.2) is 36.4 Å². The van der Waals surface area contributed by atoms with E-state index in [2.05, 4.69) is 5.32 Å². The second-order valence-electron chi connectivity index (χ2n) is 5.52. The van der Waals surface area contributed by atoms with Gasteiger partial charge in [0, 0.05) is 12.1 Å². The van der Waals surface area contributed by atoms with Crippen molar-refractivity contribution in [3.8, 4) is 17.2 Å². The van der Waals surface area contributed by atoms with E-state index >= 15 is 0 Å². The van der Waals surface area contributed by atoms with Crippen LogP contribution >= 0.6 is 12.4 Å². The van der Waals surface area contributed by atoms with Gasteiger partial charge >= 0.3 is 0 Å². The number of primary amides is 1. The number of hydrogen-bond donors (Lipinski definition) is 4. The number of carbonyl (C=O) groups is 2. The largest absolute Gasteiger partial charge is 0.504 e. The summed E-state index contributed by atoms with van der Waals surface area (Å²) in [6.07, 6.45) is 0. The summed E-state index contributed by atoms with van der Waals surface area (Å²) in [6.45, 7) is 2.52. The highest BCUT2D eigenvalue weighted by Gasteiger charge is 2.10. The molecule has 2 aromatic carbocycles. The number of benzene rings is 2. The predicted molar refractivity (Wildman–Crippen MR) is 99.4 cm³/mol. The number of phenolic OH excluding ortho intramolecular Hbond substituents is 2. The minimum atomic E-state index is -0.561. The lowest BCUT2D eigenvalue weighted by Gasteiger charge is -2.11. The molecule has 0 saturated heterocycles. The molecule has 140 valence electrons. The van der Waals surface area contributed by atoms with Gasteiger partial charge in [-0.3, -0.25) is 9.59 Å². The van der Waals surface area contributed by atoms with E-state index in [1.54, 1.807) is 12.1 Å². The lowest BCUT2D eigenvalue weighted by molar-refractivity contribution is 0.0987. The Morgan fingerprint density at radius 2 is 1.85 bits per heavy atom. The Morgan fingerprint density at radius 1 is 1.12 bits per heavy atom. The molecule has 0 spiro atoms. The maximum atomic E-state index is 12.0. The number of hydrogen-bond acceptors (Lipinski definition) is 6. The van der Waals surface area contributed by atoms with Crippen LogP contribution in [0.25, 0.3) is 0 Å². The molecule has 0 fully saturated rings. The normalized spacial score (nSPS) is 10.0. The van der Waals surface area contributed by atoms with Crippen molar-refractivity contribution < 1.29 is 24.5 Å². The van der Waals surface area contributed by atoms with Gasteiger partial charge in [0.2, 0.25) is 0 Å². The number of carbonyl (C=O) groups excluding carboxylic acids is 2. The molecule has 5 N–H and O–H groups in total. The quantitative estimate of drug-likeness (QED) is 0.314. The van der Waals surface area contributed by atoms with Crippen molar-refractivity contribution in [3.05, 3.63) is 53.1 Å². The van der Waals surface area contributed by atoms with Gasteiger partial charge in [0.1, 0.15) is 12.4 Å². The Labute approximate surface area is 157 Å². The molecule has 0 aliphatic rings. The Kier molecular flexibility index (Phi) is 7.89. The van der Waals surface area contributed by atoms with Crippen molar-refractivity contribution in [1.29, 1.82) is 0 Å². The van der Waals surface area contributed by atoms with E-state index in [0.29, 0.717) is 23.4 Å². The molecular formula is C18H21ClN2O5. The summed E-state index contributed by atoms with van der Waals surface area (Å²) in [7, 11) is 0. The number of nitrogens with two attached hydrogens (primary N) is 1. The fourth-order valence-corrected chi connectivity index (χ4v) is 2.20. The zero-order chi connectivity index (χ0) is 18.4. The zero-order valence-electron chi connectivity index (χ0n) is 14.2. The molecule has 8 heteroatoms. The minimum Gasteiger partial charge on any atom is -0.504 e. The maximum Gasteiger partial charge on any atom is 0.252 e. The van der Waals surface area contributed by atoms with Crippen LogP contribution in [-0.2, 0) is 0 Å². The van der Waals surface area contributed by atoms with E-state index in [-0.39, 0.29) is 42.8 Å². The van der Waals surface area contributed by atoms with Crippen LogP contribution in [0.4, 0.5) is 0 Å². The van der Waals surface area contributed by atoms with Crippen LogP contribution in [0.3, 0.4) is 0 Å². The molecule has 0 heterocycles. The summed E-state index contributed by atoms with van der Waals surface area (Å²) in [4.78, 5) is 23.4. The van der Waals surface area contributed by atoms with Gasteiger partial charge in [-0.05, 0) is 37.3 Å². The first kappa shape index (κ1) is 21.3. The first-order valence-electron chi connectivity index (χ1n) is 7.67. The van der Waals surface area contributed by atoms with Gasteiger partial charge in [0.25, 0.3) is 5.91 Å². The monoisotopic (exact) mass is 380 g/mol. The Balaban J connectivity index is 0.00000338. The van der Waals surface area contributed by atoms with Gasteiger partial charge in [-0.25, -0.2) is 0 Å². The number of ether oxygens (including phenoxy) is 1. The van der Waals surface area contributed by atoms with Crippen LogP contribution in [-0.4, -0.2) is 41.6 Å². The summed E-state index contributed by atoms with van der Waals surface area (Å²) in [6, 6.07) is 9.05. The highest BCUT2D eigenvalue weighted by atomic mass is 35.5. The molecule has 0 radical (unpaired) electrons. The number of ketones is 1. The molecule has 0 aromatic heterocycles. The fraction of sp³-hybridized carbons (Fsp3) is 0.222. The van der Waals surface area contributed by atoms with E-state index < -0.39 is 5.91 Å². The van der Waals surface area contributed by atoms with Gasteiger partial charge in [0.15, 0.2) is 17.3 Å². The molecule has 0 atom stereocenters. The van der Waals surface area contributed by atoms with E-state index in [0.717, 1.165) is 5.56 Å². The van der Waals surface area contributed by atoms with Gasteiger partial charge in [-0.1, -0.05) is 11.6 Å². The molecule has 0 aliphatic carbocycles. The molecule has 0 aliphatic heterocycles. The molecule has 0 bridgehead atoms. The van der Waals surface area contributed by atoms with E-state index in [4.69, 9.17) is 10.5 Å². The number of Topliss-reactive ketones (excluding diaryl/α,β-unsaturated/α-hetero) is 1. The first-order valence-corrected chi connectivity index (χ1v) is 7.67. The van der Waals surface area contributed by atoms with E-state index in [1.165, 1.54) is 18.2 Å². The molecule has 2 aromatic rings. The van der Waals surface area contributed by atoms with Crippen LogP contribution in [0.5, 0.6) is 17.2 Å². The lowest BCUT2D eigenvalue weighted by Crippen LogP contribution is -2.27. The van der Waals surface area contributed by atoms with E-state index in [1.807, 2.05) is 13.0 Å². The molecule has 7 nitrogen and oxygen atoms in total. The molecule has 1 amide bonds. The van der Waals surface area contributed by atoms with Gasteiger partial charge in [0.05, 0.1) is 12.1 Å². The Bertz CT molecular complexity index is 795. The van der Waals surface area contributed by atoms with Crippen molar-refractivity contribution in [2.75, 3.05) is 19.7 Å². The zero-order valence-corrected chi connectivity index (χ0v) is 15.0. The Hall–Kier alpha value is -2.77. The lowest BCUT2D eigenvalue weighted by atomic mass is 10.1. The third-order valence-corrected chi connectivity index (χ3v) is 3.52. The number of phenols is 2. The highest BCUT2D eigenvalue weighted by Crippen LogP contribution is 2.24. The Morgan fingerprint density at radius 3 is 2.50 bits per heavy atom. The van der Waals surface area contributed by atoms with Crippen molar-refractivity contribution in [1.82, 2.24) is 5.32 Å². The number of halogens is 1. The van der Waals surface area contributed by atoms with Gasteiger partial charge in [-0.2, -0.15) is 0 Å². The van der Waals surface area contributed by atoms with Crippen LogP contribution in [0.2, 0.25) is 0 Å². The number of nitrogens with one attached hydrogen (secondary N) is 1. The van der Waals surface area contributed by atoms with Crippen LogP contribution < -0.4 is 15.8 Å². The van der Waals surface area contributed by atoms with E-state index in [9.17, 15) is 19.8 Å². The fourth-order valence-electron chi connectivity index (χ4n) is 2.20. The van der Waals surface area contributed by atoms with Crippen LogP contribution in [0, 0.1) is 6.92 Å². The smallest absolute Gasteiger partial charge is 0.252 e. The van der Waals surface area contributed by atoms with Crippen molar-refractivity contribution in [2.24, 2.45) is 5.73 Å². The number of aryl methyl sites for hydroxylation is 1. The van der Waals surface area contributed by atoms with Crippen molar-refractivity contribution in [2.45, 2.75) is 6.92 Å². The summed E-state index contributed by atoms with van der Waals surface area (Å²) < 4.78 is 5.53. The average molecular weight is 381 g/mol. The van der Waals surface area contributed by atoms with Crippen molar-refractivity contribution in [3.63, 3.8) is 0 Å². The molecule has 0 saturated carbocycles. The minimum absolute atomic E-state index is 0. The topological polar surface area (TPSA) is 122 Å². The summed E-state index contributed by atoms with van der Waals surface area (Å²) in [5.74, 6) is -1.01. The molecule has 0 unspecified atom stereocenters.